The molecule has 6 rings (SSSR count). The van der Waals surface area contributed by atoms with Crippen molar-refractivity contribution in [2.45, 2.75) is 58.2 Å². The van der Waals surface area contributed by atoms with Crippen LogP contribution in [-0.2, 0) is 38.3 Å². The van der Waals surface area contributed by atoms with Crippen LogP contribution in [0, 0.1) is 0 Å². The third-order valence-electron chi connectivity index (χ3n) is 8.49. The van der Waals surface area contributed by atoms with Crippen LogP contribution in [0.5, 0.6) is 11.5 Å². The smallest absolute Gasteiger partial charge is 0.330 e. The third-order valence-corrected chi connectivity index (χ3v) is 8.49. The molecule has 0 bridgehead atoms. The van der Waals surface area contributed by atoms with E-state index in [1.165, 1.54) is 9.59 Å². The van der Waals surface area contributed by atoms with Crippen molar-refractivity contribution < 1.29 is 29.3 Å². The van der Waals surface area contributed by atoms with Crippen LogP contribution in [0.4, 0.5) is 0 Å². The van der Waals surface area contributed by atoms with E-state index in [2.05, 4.69) is 33.6 Å². The summed E-state index contributed by atoms with van der Waals surface area (Å²) in [7, 11) is 0. The first-order valence-corrected chi connectivity index (χ1v) is 16.6. The van der Waals surface area contributed by atoms with Gasteiger partial charge in [0.05, 0.1) is 12.2 Å². The molecule has 0 radical (unpaired) electrons. The fourth-order valence-electron chi connectivity index (χ4n) is 5.84. The molecule has 12 nitrogen and oxygen atoms in total. The van der Waals surface area contributed by atoms with Gasteiger partial charge < -0.3 is 19.7 Å². The minimum Gasteiger partial charge on any atom is -0.505 e. The van der Waals surface area contributed by atoms with Gasteiger partial charge in [0.2, 0.25) is 0 Å². The minimum atomic E-state index is -0.499. The summed E-state index contributed by atoms with van der Waals surface area (Å²) >= 11 is 0. The van der Waals surface area contributed by atoms with Gasteiger partial charge in [-0.15, -0.1) is 30.0 Å². The lowest BCUT2D eigenvalue weighted by Crippen LogP contribution is -2.14. The second-order valence-corrected chi connectivity index (χ2v) is 12.4. The molecule has 0 fully saturated rings. The Labute approximate surface area is 294 Å². The van der Waals surface area contributed by atoms with Gasteiger partial charge in [-0.25, -0.2) is 9.59 Å². The average molecular weight is 687 g/mol. The van der Waals surface area contributed by atoms with Gasteiger partial charge in [0.1, 0.15) is 44.9 Å². The first-order chi connectivity index (χ1) is 24.6. The van der Waals surface area contributed by atoms with Crippen LogP contribution in [0.15, 0.2) is 98.1 Å². The SMILES string of the molecule is C=CC(=O)OC(C)CCc1cc(Cc2cc(CCC(C)OC(=O)C=C)cc(-n3nc4ccccc4n3)c2O)c(O)c(-n2nc3ccccc3n2)c1. The number of benzene rings is 4. The Hall–Kier alpha value is -6.30. The van der Waals surface area contributed by atoms with Crippen molar-refractivity contribution >= 4 is 34.0 Å². The van der Waals surface area contributed by atoms with Crippen molar-refractivity contribution in [3.05, 3.63) is 120 Å². The summed E-state index contributed by atoms with van der Waals surface area (Å²) in [5, 5.41) is 41.9. The number of hydrogen-bond donors (Lipinski definition) is 2. The Bertz CT molecular complexity index is 2030. The van der Waals surface area contributed by atoms with Gasteiger partial charge in [-0.2, -0.15) is 0 Å². The van der Waals surface area contributed by atoms with Crippen LogP contribution >= 0.6 is 0 Å². The number of carbonyl (C=O) groups is 2. The van der Waals surface area contributed by atoms with Gasteiger partial charge in [0, 0.05) is 29.7 Å². The summed E-state index contributed by atoms with van der Waals surface area (Å²) in [6, 6.07) is 22.2. The summed E-state index contributed by atoms with van der Waals surface area (Å²) in [6.07, 6.45) is 3.67. The molecule has 0 saturated heterocycles. The van der Waals surface area contributed by atoms with E-state index in [-0.39, 0.29) is 30.1 Å². The average Bonchev–Trinajstić information content (AvgIpc) is 3.76. The lowest BCUT2D eigenvalue weighted by atomic mass is 9.95. The van der Waals surface area contributed by atoms with Crippen molar-refractivity contribution in [3.8, 4) is 22.9 Å². The topological polar surface area (TPSA) is 154 Å². The number of aromatic hydroxyl groups is 2. The Morgan fingerprint density at radius 3 is 1.35 bits per heavy atom. The van der Waals surface area contributed by atoms with Crippen LogP contribution in [0.1, 0.15) is 48.9 Å². The maximum atomic E-state index is 11.8. The van der Waals surface area contributed by atoms with Crippen LogP contribution in [0.2, 0.25) is 0 Å². The number of carbonyl (C=O) groups excluding carboxylic acids is 2. The van der Waals surface area contributed by atoms with Crippen LogP contribution in [-0.4, -0.2) is 64.3 Å². The normalized spacial score (nSPS) is 12.4. The Balaban J connectivity index is 1.41. The Kier molecular flexibility index (Phi) is 10.2. The van der Waals surface area contributed by atoms with E-state index in [1.807, 2.05) is 86.6 Å². The molecule has 51 heavy (non-hydrogen) atoms. The predicted octanol–water partition coefficient (Wildman–Crippen LogP) is 6.26. The number of rotatable bonds is 14. The molecule has 2 unspecified atom stereocenters. The van der Waals surface area contributed by atoms with E-state index in [4.69, 9.17) is 9.47 Å². The molecule has 2 atom stereocenters. The zero-order valence-electron chi connectivity index (χ0n) is 28.4. The van der Waals surface area contributed by atoms with E-state index < -0.39 is 11.9 Å². The first kappa shape index (κ1) is 34.6. The number of ether oxygens (including phenoxy) is 2. The maximum absolute atomic E-state index is 11.8. The molecular formula is C39H38N6O6. The summed E-state index contributed by atoms with van der Waals surface area (Å²) in [5.41, 5.74) is 6.10. The number of aromatic nitrogens is 6. The number of nitrogens with zero attached hydrogens (tertiary/aromatic N) is 6. The first-order valence-electron chi connectivity index (χ1n) is 16.6. The molecule has 260 valence electrons. The molecule has 0 spiro atoms. The molecule has 0 saturated carbocycles. The number of esters is 2. The number of hydrogen-bond acceptors (Lipinski definition) is 10. The van der Waals surface area contributed by atoms with Gasteiger partial charge in [-0.1, -0.05) is 49.6 Å². The molecular weight excluding hydrogens is 648 g/mol. The Morgan fingerprint density at radius 1 is 0.667 bits per heavy atom. The van der Waals surface area contributed by atoms with E-state index >= 15 is 0 Å². The van der Waals surface area contributed by atoms with Crippen LogP contribution in [0.25, 0.3) is 33.4 Å². The summed E-state index contributed by atoms with van der Waals surface area (Å²) < 4.78 is 10.8. The number of fused-ring (bicyclic) bond motifs is 2. The quantitative estimate of drug-likeness (QED) is 0.0992. The molecule has 12 heteroatoms. The van der Waals surface area contributed by atoms with Gasteiger partial charge in [0.25, 0.3) is 0 Å². The van der Waals surface area contributed by atoms with E-state index in [9.17, 15) is 19.8 Å². The molecule has 4 aromatic carbocycles. The highest BCUT2D eigenvalue weighted by molar-refractivity contribution is 5.81. The maximum Gasteiger partial charge on any atom is 0.330 e. The highest BCUT2D eigenvalue weighted by atomic mass is 16.5. The largest absolute Gasteiger partial charge is 0.505 e. The van der Waals surface area contributed by atoms with E-state index in [1.54, 1.807) is 0 Å². The summed E-state index contributed by atoms with van der Waals surface area (Å²) in [4.78, 5) is 26.4. The number of aryl methyl sites for hydroxylation is 2. The fourth-order valence-corrected chi connectivity index (χ4v) is 5.84. The second-order valence-electron chi connectivity index (χ2n) is 12.4. The monoisotopic (exact) mass is 686 g/mol. The van der Waals surface area contributed by atoms with E-state index in [0.29, 0.717) is 70.3 Å². The van der Waals surface area contributed by atoms with Crippen molar-refractivity contribution in [3.63, 3.8) is 0 Å². The molecule has 0 aliphatic heterocycles. The standard InChI is InChI=1S/C39H38N6O6/c1-5-36(46)50-24(3)15-17-26-19-28(38(48)34(21-26)44-40-30-11-7-8-12-31(30)41-44)23-29-20-27(18-16-25(4)51-37(47)6-2)22-35(39(29)49)45-42-32-13-9-10-14-33(32)43-45/h5-14,19-22,24-25,48-49H,1-2,15-18,23H2,3-4H3. The summed E-state index contributed by atoms with van der Waals surface area (Å²) in [6.45, 7) is 10.6. The van der Waals surface area contributed by atoms with Gasteiger partial charge in [0.15, 0.2) is 0 Å². The minimum absolute atomic E-state index is 0.0514. The zero-order valence-corrected chi connectivity index (χ0v) is 28.4. The second kappa shape index (κ2) is 15.1. The molecule has 0 aliphatic carbocycles. The predicted molar refractivity (Wildman–Crippen MR) is 192 cm³/mol. The van der Waals surface area contributed by atoms with Crippen LogP contribution < -0.4 is 0 Å². The third kappa shape index (κ3) is 7.96. The fraction of sp³-hybridized carbons (Fsp3) is 0.231. The molecule has 2 aromatic heterocycles. The number of phenols is 2. The molecule has 6 aromatic rings. The zero-order chi connectivity index (χ0) is 36.1. The van der Waals surface area contributed by atoms with Gasteiger partial charge in [-0.3, -0.25) is 0 Å². The lowest BCUT2D eigenvalue weighted by Gasteiger charge is -2.17. The molecule has 2 heterocycles. The van der Waals surface area contributed by atoms with Crippen molar-refractivity contribution in [1.29, 1.82) is 0 Å². The van der Waals surface area contributed by atoms with Gasteiger partial charge >= 0.3 is 11.9 Å². The molecule has 0 aliphatic rings. The van der Waals surface area contributed by atoms with Crippen molar-refractivity contribution in [1.82, 2.24) is 30.0 Å². The van der Waals surface area contributed by atoms with Gasteiger partial charge in [-0.05, 0) is 87.1 Å². The van der Waals surface area contributed by atoms with E-state index in [0.717, 1.165) is 23.3 Å². The van der Waals surface area contributed by atoms with Crippen molar-refractivity contribution in [2.75, 3.05) is 0 Å². The highest BCUT2D eigenvalue weighted by Gasteiger charge is 2.21. The summed E-state index contributed by atoms with van der Waals surface area (Å²) in [5.74, 6) is -1.10. The molecule has 0 amide bonds. The lowest BCUT2D eigenvalue weighted by molar-refractivity contribution is -0.143. The van der Waals surface area contributed by atoms with Crippen molar-refractivity contribution in [2.24, 2.45) is 0 Å². The highest BCUT2D eigenvalue weighted by Crippen LogP contribution is 2.35. The van der Waals surface area contributed by atoms with Crippen LogP contribution in [0.3, 0.4) is 0 Å². The molecule has 2 N–H and O–H groups in total. The Morgan fingerprint density at radius 2 is 1.02 bits per heavy atom. The number of phenolic OH excluding ortho intramolecular Hbond substituents is 2.